The number of nitrogens with zero attached hydrogens (tertiary/aromatic N) is 1. The molecule has 0 unspecified atom stereocenters. The van der Waals surface area contributed by atoms with E-state index in [0.29, 0.717) is 13.0 Å². The number of benzene rings is 1. The van der Waals surface area contributed by atoms with Crippen molar-refractivity contribution < 1.29 is 4.79 Å². The van der Waals surface area contributed by atoms with Crippen LogP contribution in [0.15, 0.2) is 30.5 Å². The third kappa shape index (κ3) is 3.15. The summed E-state index contributed by atoms with van der Waals surface area (Å²) in [4.78, 5) is 11.4. The van der Waals surface area contributed by atoms with Crippen molar-refractivity contribution in [3.8, 4) is 0 Å². The van der Waals surface area contributed by atoms with Crippen molar-refractivity contribution in [2.24, 2.45) is 0 Å². The number of aromatic nitrogens is 1. The van der Waals surface area contributed by atoms with Gasteiger partial charge in [0.05, 0.1) is 5.52 Å². The Bertz CT molecular complexity index is 560. The Morgan fingerprint density at radius 1 is 1.32 bits per heavy atom. The van der Waals surface area contributed by atoms with Gasteiger partial charge in [-0.3, -0.25) is 4.79 Å². The molecule has 1 aromatic carbocycles. The van der Waals surface area contributed by atoms with E-state index in [9.17, 15) is 4.79 Å². The summed E-state index contributed by atoms with van der Waals surface area (Å²) >= 11 is 0. The number of carbonyl (C=O) groups is 1. The summed E-state index contributed by atoms with van der Waals surface area (Å²) in [5.41, 5.74) is 2.51. The third-order valence-corrected chi connectivity index (χ3v) is 3.30. The molecule has 0 saturated heterocycles. The van der Waals surface area contributed by atoms with E-state index in [-0.39, 0.29) is 5.91 Å². The number of carbonyl (C=O) groups excluding carboxylic acids is 1. The van der Waals surface area contributed by atoms with E-state index >= 15 is 0 Å². The maximum atomic E-state index is 11.4. The summed E-state index contributed by atoms with van der Waals surface area (Å²) in [6.45, 7) is 4.63. The van der Waals surface area contributed by atoms with E-state index in [2.05, 4.69) is 52.6 Å². The van der Waals surface area contributed by atoms with Gasteiger partial charge in [0.2, 0.25) is 5.91 Å². The fourth-order valence-electron chi connectivity index (χ4n) is 2.28. The topological polar surface area (TPSA) is 46.1 Å². The molecule has 0 aliphatic heterocycles. The number of aryl methyl sites for hydroxylation is 1. The van der Waals surface area contributed by atoms with Crippen LogP contribution in [0.4, 0.5) is 0 Å². The Morgan fingerprint density at radius 3 is 2.89 bits per heavy atom. The number of nitrogens with one attached hydrogen (secondary N) is 2. The third-order valence-electron chi connectivity index (χ3n) is 3.30. The molecule has 1 heterocycles. The van der Waals surface area contributed by atoms with Crippen molar-refractivity contribution in [3.63, 3.8) is 0 Å². The smallest absolute Gasteiger partial charge is 0.221 e. The first-order valence-corrected chi connectivity index (χ1v) is 6.74. The molecule has 2 N–H and O–H groups in total. The Balaban J connectivity index is 2.25. The second kappa shape index (κ2) is 6.38. The number of amides is 1. The molecule has 0 spiro atoms. The van der Waals surface area contributed by atoms with Gasteiger partial charge in [0, 0.05) is 32.8 Å². The van der Waals surface area contributed by atoms with Gasteiger partial charge in [0.25, 0.3) is 0 Å². The molecule has 102 valence electrons. The molecule has 0 bridgehead atoms. The molecule has 4 nitrogen and oxygen atoms in total. The summed E-state index contributed by atoms with van der Waals surface area (Å²) in [5, 5.41) is 7.25. The minimum atomic E-state index is 0.0750. The second-order valence-electron chi connectivity index (χ2n) is 4.57. The van der Waals surface area contributed by atoms with Crippen LogP contribution in [-0.2, 0) is 17.9 Å². The average Bonchev–Trinajstić information content (AvgIpc) is 2.86. The highest BCUT2D eigenvalue weighted by Gasteiger charge is 2.07. The molecule has 2 aromatic rings. The maximum Gasteiger partial charge on any atom is 0.221 e. The predicted molar refractivity (Wildman–Crippen MR) is 78.0 cm³/mol. The number of para-hydroxylation sites is 1. The van der Waals surface area contributed by atoms with Gasteiger partial charge >= 0.3 is 0 Å². The molecule has 0 fully saturated rings. The van der Waals surface area contributed by atoms with Crippen molar-refractivity contribution in [2.45, 2.75) is 26.4 Å². The first-order valence-electron chi connectivity index (χ1n) is 6.74. The predicted octanol–water partition coefficient (Wildman–Crippen LogP) is 1.89. The number of fused-ring (bicyclic) bond motifs is 1. The van der Waals surface area contributed by atoms with Gasteiger partial charge in [-0.1, -0.05) is 25.1 Å². The second-order valence-corrected chi connectivity index (χ2v) is 4.57. The fraction of sp³-hybridized carbons (Fsp3) is 0.400. The first-order chi connectivity index (χ1) is 9.26. The Morgan fingerprint density at radius 2 is 2.16 bits per heavy atom. The van der Waals surface area contributed by atoms with Gasteiger partial charge in [-0.2, -0.15) is 0 Å². The van der Waals surface area contributed by atoms with E-state index in [1.165, 1.54) is 16.5 Å². The van der Waals surface area contributed by atoms with E-state index in [0.717, 1.165) is 13.1 Å². The highest BCUT2D eigenvalue weighted by atomic mass is 16.1. The van der Waals surface area contributed by atoms with Crippen molar-refractivity contribution in [1.29, 1.82) is 0 Å². The molecular formula is C15H21N3O. The van der Waals surface area contributed by atoms with Crippen LogP contribution in [0.3, 0.4) is 0 Å². The van der Waals surface area contributed by atoms with Gasteiger partial charge in [-0.15, -0.1) is 0 Å². The lowest BCUT2D eigenvalue weighted by atomic mass is 10.1. The monoisotopic (exact) mass is 259 g/mol. The van der Waals surface area contributed by atoms with E-state index in [1.807, 2.05) is 0 Å². The van der Waals surface area contributed by atoms with Gasteiger partial charge in [-0.05, 0) is 23.6 Å². The summed E-state index contributed by atoms with van der Waals surface area (Å²) < 4.78 is 2.16. The summed E-state index contributed by atoms with van der Waals surface area (Å²) in [5.74, 6) is 0.0750. The average molecular weight is 259 g/mol. The largest absolute Gasteiger partial charge is 0.359 e. The highest BCUT2D eigenvalue weighted by Crippen LogP contribution is 2.20. The molecule has 0 atom stereocenters. The number of hydrogen-bond donors (Lipinski definition) is 2. The molecule has 1 aromatic heterocycles. The molecule has 0 saturated carbocycles. The van der Waals surface area contributed by atoms with Gasteiger partial charge in [-0.25, -0.2) is 0 Å². The molecule has 0 aliphatic rings. The minimum Gasteiger partial charge on any atom is -0.359 e. The van der Waals surface area contributed by atoms with E-state index < -0.39 is 0 Å². The molecule has 0 aliphatic carbocycles. The Hall–Kier alpha value is -1.81. The van der Waals surface area contributed by atoms with Crippen LogP contribution in [0.2, 0.25) is 0 Å². The zero-order valence-electron chi connectivity index (χ0n) is 11.6. The normalized spacial score (nSPS) is 10.8. The number of rotatable bonds is 6. The van der Waals surface area contributed by atoms with Gasteiger partial charge in [0.15, 0.2) is 0 Å². The maximum absolute atomic E-state index is 11.4. The molecule has 0 radical (unpaired) electrons. The van der Waals surface area contributed by atoms with Crippen LogP contribution >= 0.6 is 0 Å². The zero-order valence-corrected chi connectivity index (χ0v) is 11.6. The van der Waals surface area contributed by atoms with E-state index in [1.54, 1.807) is 7.05 Å². The van der Waals surface area contributed by atoms with Crippen LogP contribution in [0.5, 0.6) is 0 Å². The highest BCUT2D eigenvalue weighted by molar-refractivity contribution is 5.83. The molecule has 19 heavy (non-hydrogen) atoms. The quantitative estimate of drug-likeness (QED) is 0.832. The fourth-order valence-corrected chi connectivity index (χ4v) is 2.28. The molecule has 2 rings (SSSR count). The lowest BCUT2D eigenvalue weighted by Crippen LogP contribution is -2.19. The van der Waals surface area contributed by atoms with Crippen molar-refractivity contribution in [3.05, 3.63) is 36.0 Å². The number of hydrogen-bond acceptors (Lipinski definition) is 2. The van der Waals surface area contributed by atoms with Crippen LogP contribution < -0.4 is 10.6 Å². The van der Waals surface area contributed by atoms with Crippen LogP contribution in [0.25, 0.3) is 10.9 Å². The van der Waals surface area contributed by atoms with Gasteiger partial charge < -0.3 is 15.2 Å². The zero-order chi connectivity index (χ0) is 13.7. The Labute approximate surface area is 113 Å². The summed E-state index contributed by atoms with van der Waals surface area (Å²) in [7, 11) is 1.67. The first kappa shape index (κ1) is 13.6. The van der Waals surface area contributed by atoms with E-state index in [4.69, 9.17) is 0 Å². The Kier molecular flexibility index (Phi) is 4.58. The van der Waals surface area contributed by atoms with Crippen molar-refractivity contribution in [2.75, 3.05) is 13.6 Å². The summed E-state index contributed by atoms with van der Waals surface area (Å²) in [6.07, 6.45) is 2.57. The van der Waals surface area contributed by atoms with Crippen molar-refractivity contribution >= 4 is 16.8 Å². The molecular weight excluding hydrogens is 238 g/mol. The van der Waals surface area contributed by atoms with Crippen LogP contribution in [0, 0.1) is 0 Å². The summed E-state index contributed by atoms with van der Waals surface area (Å²) in [6, 6.07) is 8.44. The SMILES string of the molecule is CCNCc1cccc2ccn(CCC(=O)NC)c12. The molecule has 1 amide bonds. The van der Waals surface area contributed by atoms with Crippen LogP contribution in [-0.4, -0.2) is 24.1 Å². The van der Waals surface area contributed by atoms with Gasteiger partial charge in [0.1, 0.15) is 0 Å². The van der Waals surface area contributed by atoms with Crippen LogP contribution in [0.1, 0.15) is 18.9 Å². The lowest BCUT2D eigenvalue weighted by Gasteiger charge is -2.10. The standard InChI is InChI=1S/C15H21N3O/c1-3-17-11-13-6-4-5-12-7-9-18(15(12)13)10-8-14(19)16-2/h4-7,9,17H,3,8,10-11H2,1-2H3,(H,16,19). The lowest BCUT2D eigenvalue weighted by molar-refractivity contribution is -0.120. The van der Waals surface area contributed by atoms with Crippen molar-refractivity contribution in [1.82, 2.24) is 15.2 Å². The molecule has 4 heteroatoms. The minimum absolute atomic E-state index is 0.0750.